The molecule has 1 aliphatic heterocycles. The van der Waals surface area contributed by atoms with Gasteiger partial charge in [0.2, 0.25) is 17.6 Å². The molecule has 3 heterocycles. The van der Waals surface area contributed by atoms with Gasteiger partial charge in [-0.25, -0.2) is 4.98 Å². The summed E-state index contributed by atoms with van der Waals surface area (Å²) >= 11 is 0. The summed E-state index contributed by atoms with van der Waals surface area (Å²) in [6.45, 7) is 0.551. The first-order chi connectivity index (χ1) is 15.3. The van der Waals surface area contributed by atoms with Crippen LogP contribution in [0.4, 0.5) is 5.69 Å². The number of hydrogen-bond donors (Lipinski definition) is 0. The Kier molecular flexibility index (Phi) is 4.33. The number of benzene rings is 2. The van der Waals surface area contributed by atoms with Crippen LogP contribution in [0.2, 0.25) is 0 Å². The van der Waals surface area contributed by atoms with Crippen LogP contribution in [0, 0.1) is 0 Å². The number of rotatable bonds is 4. The fraction of sp³-hybridized carbons (Fsp3) is 0.333. The number of carbonyl (C=O) groups is 1. The average Bonchev–Trinajstić information content (AvgIpc) is 3.59. The minimum Gasteiger partial charge on any atom is -0.339 e. The van der Waals surface area contributed by atoms with Crippen LogP contribution in [0.1, 0.15) is 50.0 Å². The van der Waals surface area contributed by atoms with Crippen molar-refractivity contribution >= 4 is 22.6 Å². The third-order valence-corrected chi connectivity index (χ3v) is 6.53. The molecule has 0 bridgehead atoms. The third kappa shape index (κ3) is 3.21. The Morgan fingerprint density at radius 1 is 1.03 bits per heavy atom. The quantitative estimate of drug-likeness (QED) is 0.484. The molecule has 2 aliphatic rings. The maximum absolute atomic E-state index is 12.5. The highest BCUT2D eigenvalue weighted by molar-refractivity contribution is 5.96. The summed E-state index contributed by atoms with van der Waals surface area (Å²) in [5.74, 6) is 1.03. The molecule has 0 radical (unpaired) electrons. The highest BCUT2D eigenvalue weighted by Gasteiger charge is 2.35. The first-order valence-corrected chi connectivity index (χ1v) is 10.9. The minimum atomic E-state index is -0.0979. The number of fused-ring (bicyclic) bond motifs is 1. The molecule has 1 aliphatic carbocycles. The van der Waals surface area contributed by atoms with E-state index in [0.29, 0.717) is 30.7 Å². The molecule has 1 saturated carbocycles. The van der Waals surface area contributed by atoms with E-state index in [2.05, 4.69) is 25.8 Å². The lowest BCUT2D eigenvalue weighted by Gasteiger charge is -2.15. The SMILES string of the molecule is O=C1C[C@@H](c2nc(-c3ccc4c(c3)ncn4C3CCCC3)no2)CN1c1ccccc1. The van der Waals surface area contributed by atoms with Gasteiger partial charge in [0.05, 0.1) is 23.3 Å². The molecule has 1 saturated heterocycles. The van der Waals surface area contributed by atoms with Gasteiger partial charge in [0.1, 0.15) is 0 Å². The van der Waals surface area contributed by atoms with Gasteiger partial charge in [-0.15, -0.1) is 0 Å². The number of aromatic nitrogens is 4. The Bertz CT molecular complexity index is 1240. The summed E-state index contributed by atoms with van der Waals surface area (Å²) in [6.07, 6.45) is 7.36. The summed E-state index contributed by atoms with van der Waals surface area (Å²) in [6, 6.07) is 16.4. The second-order valence-electron chi connectivity index (χ2n) is 8.49. The number of amides is 1. The molecule has 0 unspecified atom stereocenters. The monoisotopic (exact) mass is 413 g/mol. The predicted molar refractivity (Wildman–Crippen MR) is 117 cm³/mol. The van der Waals surface area contributed by atoms with E-state index in [1.54, 1.807) is 4.90 Å². The smallest absolute Gasteiger partial charge is 0.232 e. The van der Waals surface area contributed by atoms with Gasteiger partial charge >= 0.3 is 0 Å². The van der Waals surface area contributed by atoms with Crippen molar-refractivity contribution < 1.29 is 9.32 Å². The van der Waals surface area contributed by atoms with Crippen LogP contribution < -0.4 is 4.90 Å². The van der Waals surface area contributed by atoms with E-state index >= 15 is 0 Å². The Labute approximate surface area is 179 Å². The van der Waals surface area contributed by atoms with E-state index in [0.717, 1.165) is 22.3 Å². The maximum atomic E-state index is 12.5. The number of para-hydroxylation sites is 1. The van der Waals surface area contributed by atoms with Gasteiger partial charge in [-0.2, -0.15) is 4.98 Å². The van der Waals surface area contributed by atoms with Gasteiger partial charge in [-0.05, 0) is 43.2 Å². The summed E-state index contributed by atoms with van der Waals surface area (Å²) in [7, 11) is 0. The maximum Gasteiger partial charge on any atom is 0.232 e. The summed E-state index contributed by atoms with van der Waals surface area (Å²) in [4.78, 5) is 23.5. The Balaban J connectivity index is 1.24. The highest BCUT2D eigenvalue weighted by atomic mass is 16.5. The van der Waals surface area contributed by atoms with Gasteiger partial charge in [0.15, 0.2) is 0 Å². The Hall–Kier alpha value is -3.48. The fourth-order valence-corrected chi connectivity index (χ4v) is 4.89. The zero-order valence-corrected chi connectivity index (χ0v) is 17.1. The van der Waals surface area contributed by atoms with Gasteiger partial charge in [0, 0.05) is 30.3 Å². The normalized spacial score (nSPS) is 19.7. The van der Waals surface area contributed by atoms with Crippen molar-refractivity contribution in [1.82, 2.24) is 19.7 Å². The second kappa shape index (κ2) is 7.34. The zero-order chi connectivity index (χ0) is 20.8. The Morgan fingerprint density at radius 3 is 2.71 bits per heavy atom. The van der Waals surface area contributed by atoms with Crippen molar-refractivity contribution in [2.75, 3.05) is 11.4 Å². The van der Waals surface area contributed by atoms with E-state index in [1.807, 2.05) is 48.8 Å². The summed E-state index contributed by atoms with van der Waals surface area (Å²) < 4.78 is 7.87. The fourth-order valence-electron chi connectivity index (χ4n) is 4.89. The standard InChI is InChI=1S/C24H23N5O2/c30-22-13-17(14-28(22)18-6-2-1-3-7-18)24-26-23(27-31-24)16-10-11-21-20(12-16)25-15-29(21)19-8-4-5-9-19/h1-3,6-7,10-12,15,17,19H,4-5,8-9,13-14H2/t17-/m1/s1. The molecule has 31 heavy (non-hydrogen) atoms. The molecule has 7 heteroatoms. The molecule has 6 rings (SSSR count). The van der Waals surface area contributed by atoms with Crippen LogP contribution in [0.15, 0.2) is 59.4 Å². The summed E-state index contributed by atoms with van der Waals surface area (Å²) in [5, 5.41) is 4.19. The lowest BCUT2D eigenvalue weighted by atomic mass is 10.1. The van der Waals surface area contributed by atoms with Crippen molar-refractivity contribution in [1.29, 1.82) is 0 Å². The topological polar surface area (TPSA) is 77.0 Å². The summed E-state index contributed by atoms with van der Waals surface area (Å²) in [5.41, 5.74) is 3.88. The first-order valence-electron chi connectivity index (χ1n) is 10.9. The van der Waals surface area contributed by atoms with E-state index < -0.39 is 0 Å². The molecule has 2 fully saturated rings. The van der Waals surface area contributed by atoms with Gasteiger partial charge < -0.3 is 14.0 Å². The zero-order valence-electron chi connectivity index (χ0n) is 17.1. The molecule has 4 aromatic rings. The van der Waals surface area contributed by atoms with Gasteiger partial charge in [-0.3, -0.25) is 4.79 Å². The van der Waals surface area contributed by atoms with Crippen molar-refractivity contribution in [3.8, 4) is 11.4 Å². The number of anilines is 1. The van der Waals surface area contributed by atoms with Gasteiger partial charge in [0.25, 0.3) is 0 Å². The third-order valence-electron chi connectivity index (χ3n) is 6.53. The molecule has 2 aromatic carbocycles. The average molecular weight is 413 g/mol. The van der Waals surface area contributed by atoms with Crippen molar-refractivity contribution in [3.63, 3.8) is 0 Å². The molecule has 0 spiro atoms. The van der Waals surface area contributed by atoms with Crippen molar-refractivity contribution in [2.24, 2.45) is 0 Å². The highest BCUT2D eigenvalue weighted by Crippen LogP contribution is 2.34. The van der Waals surface area contributed by atoms with E-state index in [9.17, 15) is 4.79 Å². The lowest BCUT2D eigenvalue weighted by Crippen LogP contribution is -2.24. The molecule has 2 aromatic heterocycles. The largest absolute Gasteiger partial charge is 0.339 e. The van der Waals surface area contributed by atoms with Crippen molar-refractivity contribution in [2.45, 2.75) is 44.1 Å². The Morgan fingerprint density at radius 2 is 1.87 bits per heavy atom. The molecule has 156 valence electrons. The molecule has 1 atom stereocenters. The van der Waals surface area contributed by atoms with Crippen molar-refractivity contribution in [3.05, 3.63) is 60.7 Å². The number of carbonyl (C=O) groups excluding carboxylic acids is 1. The molecular formula is C24H23N5O2. The number of imidazole rings is 1. The minimum absolute atomic E-state index is 0.0785. The van der Waals surface area contributed by atoms with E-state index in [4.69, 9.17) is 4.52 Å². The van der Waals surface area contributed by atoms with Crippen LogP contribution in [-0.2, 0) is 4.79 Å². The first kappa shape index (κ1) is 18.3. The predicted octanol–water partition coefficient (Wildman–Crippen LogP) is 4.72. The molecule has 0 N–H and O–H groups in total. The van der Waals surface area contributed by atoms with Gasteiger partial charge in [-0.1, -0.05) is 36.2 Å². The number of nitrogens with zero attached hydrogens (tertiary/aromatic N) is 5. The van der Waals surface area contributed by atoms with Crippen LogP contribution in [0.5, 0.6) is 0 Å². The van der Waals surface area contributed by atoms with Crippen LogP contribution in [0.25, 0.3) is 22.4 Å². The molecular weight excluding hydrogens is 390 g/mol. The lowest BCUT2D eigenvalue weighted by molar-refractivity contribution is -0.117. The number of hydrogen-bond acceptors (Lipinski definition) is 5. The molecule has 7 nitrogen and oxygen atoms in total. The molecule has 1 amide bonds. The van der Waals surface area contributed by atoms with Crippen LogP contribution in [-0.4, -0.2) is 32.1 Å². The van der Waals surface area contributed by atoms with E-state index in [1.165, 1.54) is 25.7 Å². The van der Waals surface area contributed by atoms with Crippen LogP contribution >= 0.6 is 0 Å². The van der Waals surface area contributed by atoms with Crippen LogP contribution in [0.3, 0.4) is 0 Å². The second-order valence-corrected chi connectivity index (χ2v) is 8.49. The van der Waals surface area contributed by atoms with E-state index in [-0.39, 0.29) is 11.8 Å².